The fraction of sp³-hybridized carbons (Fsp3) is 0.529. The van der Waals surface area contributed by atoms with E-state index in [4.69, 9.17) is 0 Å². The van der Waals surface area contributed by atoms with Crippen molar-refractivity contribution >= 4 is 45.7 Å². The van der Waals surface area contributed by atoms with E-state index >= 15 is 0 Å². The third kappa shape index (κ3) is 9.95. The Morgan fingerprint density at radius 3 is 2.27 bits per heavy atom. The number of carbonyl (C=O) groups is 1. The number of hydrogen-bond donors (Lipinski definition) is 3. The van der Waals surface area contributed by atoms with E-state index in [1.807, 2.05) is 20.8 Å². The molecule has 9 heteroatoms. The van der Waals surface area contributed by atoms with Crippen LogP contribution in [0.15, 0.2) is 40.2 Å². The molecule has 1 aromatic rings. The Balaban J connectivity index is 0.00000625. The van der Waals surface area contributed by atoms with E-state index in [0.29, 0.717) is 23.8 Å². The number of sulfone groups is 1. The van der Waals surface area contributed by atoms with Crippen LogP contribution in [-0.4, -0.2) is 51.7 Å². The van der Waals surface area contributed by atoms with Crippen molar-refractivity contribution < 1.29 is 13.2 Å². The Labute approximate surface area is 173 Å². The Morgan fingerprint density at radius 1 is 1.12 bits per heavy atom. The highest BCUT2D eigenvalue weighted by molar-refractivity contribution is 14.0. The molecule has 0 saturated carbocycles. The van der Waals surface area contributed by atoms with Crippen LogP contribution in [0, 0.1) is 0 Å². The fourth-order valence-electron chi connectivity index (χ4n) is 2.06. The van der Waals surface area contributed by atoms with Crippen molar-refractivity contribution in [2.45, 2.75) is 37.6 Å². The highest BCUT2D eigenvalue weighted by Gasteiger charge is 2.14. The predicted molar refractivity (Wildman–Crippen MR) is 116 cm³/mol. The smallest absolute Gasteiger partial charge is 0.239 e. The highest BCUT2D eigenvalue weighted by Crippen LogP contribution is 2.10. The van der Waals surface area contributed by atoms with E-state index in [1.165, 1.54) is 0 Å². The van der Waals surface area contributed by atoms with Crippen LogP contribution in [0.3, 0.4) is 0 Å². The number of carbonyl (C=O) groups excluding carboxylic acids is 1. The number of amides is 1. The van der Waals surface area contributed by atoms with Gasteiger partial charge in [-0.05, 0) is 39.3 Å². The van der Waals surface area contributed by atoms with Gasteiger partial charge in [0.2, 0.25) is 5.91 Å². The summed E-state index contributed by atoms with van der Waals surface area (Å²) in [6.07, 6.45) is 0.437. The van der Waals surface area contributed by atoms with Gasteiger partial charge in [-0.15, -0.1) is 24.0 Å². The van der Waals surface area contributed by atoms with Gasteiger partial charge in [-0.3, -0.25) is 9.79 Å². The maximum Gasteiger partial charge on any atom is 0.239 e. The van der Waals surface area contributed by atoms with Gasteiger partial charge < -0.3 is 16.0 Å². The van der Waals surface area contributed by atoms with E-state index in [9.17, 15) is 13.2 Å². The Morgan fingerprint density at radius 2 is 1.73 bits per heavy atom. The quantitative estimate of drug-likeness (QED) is 0.230. The summed E-state index contributed by atoms with van der Waals surface area (Å²) in [5.74, 6) is 0.370. The number of hydrogen-bond acceptors (Lipinski definition) is 4. The highest BCUT2D eigenvalue weighted by atomic mass is 127. The van der Waals surface area contributed by atoms with Gasteiger partial charge in [-0.1, -0.05) is 18.2 Å². The molecule has 0 fully saturated rings. The first kappa shape index (κ1) is 24.6. The summed E-state index contributed by atoms with van der Waals surface area (Å²) in [6.45, 7) is 6.26. The van der Waals surface area contributed by atoms with Gasteiger partial charge in [0.05, 0.1) is 17.2 Å². The molecule has 0 bridgehead atoms. The van der Waals surface area contributed by atoms with Crippen molar-refractivity contribution in [3.63, 3.8) is 0 Å². The predicted octanol–water partition coefficient (Wildman–Crippen LogP) is 1.55. The standard InChI is InChI=1S/C17H28N4O3S.HI/c1-17(2,3)21-15(22)13-20-16(18-4)19-11-8-12-25(23,24)14-9-6-5-7-10-14;/h5-7,9-10H,8,11-13H2,1-4H3,(H,21,22)(H2,18,19,20);1H. The summed E-state index contributed by atoms with van der Waals surface area (Å²) in [4.78, 5) is 16.1. The lowest BCUT2D eigenvalue weighted by molar-refractivity contribution is -0.121. The van der Waals surface area contributed by atoms with Crippen molar-refractivity contribution in [2.24, 2.45) is 4.99 Å². The molecule has 7 nitrogen and oxygen atoms in total. The van der Waals surface area contributed by atoms with Crippen LogP contribution in [-0.2, 0) is 14.6 Å². The van der Waals surface area contributed by atoms with E-state index in [0.717, 1.165) is 0 Å². The first-order valence-electron chi connectivity index (χ1n) is 8.17. The number of guanidine groups is 1. The summed E-state index contributed by atoms with van der Waals surface area (Å²) < 4.78 is 24.3. The van der Waals surface area contributed by atoms with Crippen LogP contribution in [0.25, 0.3) is 0 Å². The Bertz CT molecular complexity index is 686. The van der Waals surface area contributed by atoms with Gasteiger partial charge in [-0.25, -0.2) is 8.42 Å². The van der Waals surface area contributed by atoms with Crippen molar-refractivity contribution in [1.29, 1.82) is 0 Å². The molecule has 0 saturated heterocycles. The van der Waals surface area contributed by atoms with Crippen molar-refractivity contribution in [1.82, 2.24) is 16.0 Å². The molecule has 1 aromatic carbocycles. The summed E-state index contributed by atoms with van der Waals surface area (Å²) in [5, 5.41) is 8.75. The molecule has 0 aromatic heterocycles. The van der Waals surface area contributed by atoms with E-state index in [2.05, 4.69) is 20.9 Å². The van der Waals surface area contributed by atoms with Gasteiger partial charge in [0.15, 0.2) is 15.8 Å². The lowest BCUT2D eigenvalue weighted by atomic mass is 10.1. The molecule has 0 unspecified atom stereocenters. The maximum absolute atomic E-state index is 12.2. The second kappa shape index (κ2) is 11.4. The molecule has 26 heavy (non-hydrogen) atoms. The molecule has 0 atom stereocenters. The van der Waals surface area contributed by atoms with Crippen molar-refractivity contribution in [3.8, 4) is 0 Å². The normalized spacial score (nSPS) is 12.1. The van der Waals surface area contributed by atoms with Crippen LogP contribution >= 0.6 is 24.0 Å². The second-order valence-corrected chi connectivity index (χ2v) is 8.75. The van der Waals surface area contributed by atoms with Gasteiger partial charge in [0.25, 0.3) is 0 Å². The van der Waals surface area contributed by atoms with Crippen molar-refractivity contribution in [2.75, 3.05) is 25.9 Å². The average Bonchev–Trinajstić information content (AvgIpc) is 2.53. The topological polar surface area (TPSA) is 99.7 Å². The molecule has 1 rings (SSSR count). The van der Waals surface area contributed by atoms with Crippen LogP contribution in [0.1, 0.15) is 27.2 Å². The van der Waals surface area contributed by atoms with Crippen LogP contribution < -0.4 is 16.0 Å². The molecule has 0 aliphatic carbocycles. The minimum Gasteiger partial charge on any atom is -0.356 e. The summed E-state index contributed by atoms with van der Waals surface area (Å²) >= 11 is 0. The van der Waals surface area contributed by atoms with Gasteiger partial charge in [-0.2, -0.15) is 0 Å². The fourth-order valence-corrected chi connectivity index (χ4v) is 3.39. The molecular weight excluding hydrogens is 467 g/mol. The second-order valence-electron chi connectivity index (χ2n) is 6.64. The molecule has 0 radical (unpaired) electrons. The molecule has 3 N–H and O–H groups in total. The zero-order valence-corrected chi connectivity index (χ0v) is 18.9. The largest absolute Gasteiger partial charge is 0.356 e. The Hall–Kier alpha value is -1.36. The molecule has 0 heterocycles. The monoisotopic (exact) mass is 496 g/mol. The summed E-state index contributed by atoms with van der Waals surface area (Å²) in [6, 6.07) is 8.39. The molecule has 0 spiro atoms. The zero-order valence-electron chi connectivity index (χ0n) is 15.7. The third-order valence-electron chi connectivity index (χ3n) is 3.14. The van der Waals surface area contributed by atoms with Gasteiger partial charge in [0, 0.05) is 19.1 Å². The van der Waals surface area contributed by atoms with Crippen LogP contribution in [0.4, 0.5) is 0 Å². The summed E-state index contributed by atoms with van der Waals surface area (Å²) in [5.41, 5.74) is -0.290. The van der Waals surface area contributed by atoms with Crippen LogP contribution in [0.2, 0.25) is 0 Å². The first-order chi connectivity index (χ1) is 11.6. The lowest BCUT2D eigenvalue weighted by Crippen LogP contribution is -2.48. The van der Waals surface area contributed by atoms with E-state index in [-0.39, 0.29) is 47.7 Å². The van der Waals surface area contributed by atoms with Crippen molar-refractivity contribution in [3.05, 3.63) is 30.3 Å². The summed E-state index contributed by atoms with van der Waals surface area (Å²) in [7, 11) is -1.68. The van der Waals surface area contributed by atoms with Gasteiger partial charge in [0.1, 0.15) is 0 Å². The van der Waals surface area contributed by atoms with Gasteiger partial charge >= 0.3 is 0 Å². The maximum atomic E-state index is 12.2. The average molecular weight is 496 g/mol. The van der Waals surface area contributed by atoms with Crippen LogP contribution in [0.5, 0.6) is 0 Å². The first-order valence-corrected chi connectivity index (χ1v) is 9.82. The zero-order chi connectivity index (χ0) is 18.9. The molecule has 0 aliphatic rings. The number of benzene rings is 1. The number of nitrogens with one attached hydrogen (secondary N) is 3. The Kier molecular flexibility index (Phi) is 10.8. The molecule has 148 valence electrons. The third-order valence-corrected chi connectivity index (χ3v) is 4.96. The lowest BCUT2D eigenvalue weighted by Gasteiger charge is -2.21. The number of halogens is 1. The molecule has 0 aliphatic heterocycles. The van der Waals surface area contributed by atoms with E-state index in [1.54, 1.807) is 37.4 Å². The molecular formula is C17H29IN4O3S. The number of nitrogens with zero attached hydrogens (tertiary/aromatic N) is 1. The van der Waals surface area contributed by atoms with E-state index < -0.39 is 9.84 Å². The SMILES string of the molecule is CN=C(NCCCS(=O)(=O)c1ccccc1)NCC(=O)NC(C)(C)C.I. The minimum absolute atomic E-state index is 0. The number of rotatable bonds is 7. The minimum atomic E-state index is -3.28. The molecule has 1 amide bonds. The number of aliphatic imine (C=N–C) groups is 1.